The second-order valence-electron chi connectivity index (χ2n) is 4.12. The molecule has 0 bridgehead atoms. The van der Waals surface area contributed by atoms with Gasteiger partial charge < -0.3 is 10.2 Å². The van der Waals surface area contributed by atoms with E-state index < -0.39 is 0 Å². The summed E-state index contributed by atoms with van der Waals surface area (Å²) in [5, 5.41) is 3.38. The molecule has 2 heterocycles. The first-order valence-corrected chi connectivity index (χ1v) is 5.55. The number of aromatic nitrogens is 2. The maximum absolute atomic E-state index is 4.24. The fraction of sp³-hybridized carbons (Fsp3) is 0.636. The van der Waals surface area contributed by atoms with Crippen molar-refractivity contribution < 1.29 is 0 Å². The number of anilines is 1. The summed E-state index contributed by atoms with van der Waals surface area (Å²) in [7, 11) is 2.07. The molecule has 16 heavy (non-hydrogen) atoms. The fourth-order valence-corrected chi connectivity index (χ4v) is 2.02. The topological polar surface area (TPSA) is 41.0 Å². The van der Waals surface area contributed by atoms with Crippen LogP contribution in [0.4, 0.5) is 5.95 Å². The Labute approximate surface area is 103 Å². The van der Waals surface area contributed by atoms with Gasteiger partial charge in [-0.15, -0.1) is 12.4 Å². The van der Waals surface area contributed by atoms with Gasteiger partial charge in [0.15, 0.2) is 0 Å². The minimum Gasteiger partial charge on any atom is -0.344 e. The van der Waals surface area contributed by atoms with Crippen LogP contribution in [0.15, 0.2) is 18.5 Å². The summed E-state index contributed by atoms with van der Waals surface area (Å²) in [6, 6.07) is 1.85. The highest BCUT2D eigenvalue weighted by Crippen LogP contribution is 2.14. The van der Waals surface area contributed by atoms with Gasteiger partial charge in [0.25, 0.3) is 0 Å². The molecule has 2 rings (SSSR count). The summed E-state index contributed by atoms with van der Waals surface area (Å²) < 4.78 is 0. The summed E-state index contributed by atoms with van der Waals surface area (Å²) >= 11 is 0. The molecule has 0 spiro atoms. The highest BCUT2D eigenvalue weighted by atomic mass is 35.5. The van der Waals surface area contributed by atoms with Crippen molar-refractivity contribution in [1.29, 1.82) is 0 Å². The molecule has 0 aliphatic carbocycles. The summed E-state index contributed by atoms with van der Waals surface area (Å²) in [6.07, 6.45) is 6.11. The number of nitrogens with zero attached hydrogens (tertiary/aromatic N) is 3. The van der Waals surface area contributed by atoms with Crippen LogP contribution in [0, 0.1) is 5.92 Å². The molecule has 0 unspecified atom stereocenters. The number of nitrogens with one attached hydrogen (secondary N) is 1. The zero-order valence-electron chi connectivity index (χ0n) is 9.59. The van der Waals surface area contributed by atoms with Crippen LogP contribution in [0.2, 0.25) is 0 Å². The van der Waals surface area contributed by atoms with Crippen molar-refractivity contribution >= 4 is 18.4 Å². The van der Waals surface area contributed by atoms with Crippen molar-refractivity contribution in [1.82, 2.24) is 15.3 Å². The predicted octanol–water partition coefficient (Wildman–Crippen LogP) is 1.33. The smallest absolute Gasteiger partial charge is 0.224 e. The Bertz CT molecular complexity index is 287. The molecular weight excluding hydrogens is 224 g/mol. The van der Waals surface area contributed by atoms with Gasteiger partial charge in [0.05, 0.1) is 0 Å². The van der Waals surface area contributed by atoms with E-state index in [4.69, 9.17) is 0 Å². The zero-order valence-corrected chi connectivity index (χ0v) is 10.4. The van der Waals surface area contributed by atoms with E-state index in [1.54, 1.807) is 12.4 Å². The molecule has 4 nitrogen and oxygen atoms in total. The Morgan fingerprint density at radius 1 is 1.31 bits per heavy atom. The van der Waals surface area contributed by atoms with Crippen molar-refractivity contribution in [2.24, 2.45) is 5.92 Å². The lowest BCUT2D eigenvalue weighted by molar-refractivity contribution is 0.377. The van der Waals surface area contributed by atoms with Crippen LogP contribution in [0.5, 0.6) is 0 Å². The van der Waals surface area contributed by atoms with Crippen LogP contribution < -0.4 is 10.2 Å². The molecule has 1 saturated heterocycles. The van der Waals surface area contributed by atoms with E-state index in [9.17, 15) is 0 Å². The average Bonchev–Trinajstić information content (AvgIpc) is 2.31. The number of hydrogen-bond donors (Lipinski definition) is 1. The van der Waals surface area contributed by atoms with Crippen molar-refractivity contribution in [3.05, 3.63) is 18.5 Å². The maximum Gasteiger partial charge on any atom is 0.224 e. The third kappa shape index (κ3) is 3.61. The molecule has 1 aromatic rings. The lowest BCUT2D eigenvalue weighted by atomic mass is 9.98. The van der Waals surface area contributed by atoms with Crippen molar-refractivity contribution in [2.75, 3.05) is 31.6 Å². The minimum absolute atomic E-state index is 0. The van der Waals surface area contributed by atoms with Crippen molar-refractivity contribution in [3.8, 4) is 0 Å². The van der Waals surface area contributed by atoms with Crippen molar-refractivity contribution in [3.63, 3.8) is 0 Å². The van der Waals surface area contributed by atoms with Gasteiger partial charge in [0.2, 0.25) is 5.95 Å². The number of rotatable bonds is 3. The quantitative estimate of drug-likeness (QED) is 0.869. The molecule has 0 aromatic carbocycles. The molecule has 0 radical (unpaired) electrons. The Balaban J connectivity index is 0.00000128. The number of hydrogen-bond acceptors (Lipinski definition) is 4. The van der Waals surface area contributed by atoms with Crippen LogP contribution in [0.3, 0.4) is 0 Å². The summed E-state index contributed by atoms with van der Waals surface area (Å²) in [5.74, 6) is 1.61. The first kappa shape index (κ1) is 13.2. The average molecular weight is 243 g/mol. The molecule has 1 aliphatic rings. The third-order valence-corrected chi connectivity index (χ3v) is 2.88. The predicted molar refractivity (Wildman–Crippen MR) is 68.1 cm³/mol. The fourth-order valence-electron chi connectivity index (χ4n) is 2.02. The highest BCUT2D eigenvalue weighted by Gasteiger charge is 2.15. The van der Waals surface area contributed by atoms with E-state index in [2.05, 4.69) is 27.2 Å². The zero-order chi connectivity index (χ0) is 10.5. The van der Waals surface area contributed by atoms with E-state index >= 15 is 0 Å². The van der Waals surface area contributed by atoms with Crippen LogP contribution in [0.1, 0.15) is 12.8 Å². The van der Waals surface area contributed by atoms with Crippen LogP contribution in [0.25, 0.3) is 0 Å². The maximum atomic E-state index is 4.24. The number of piperidine rings is 1. The minimum atomic E-state index is 0. The SMILES string of the molecule is CN(CC1CCNCC1)c1ncccn1.Cl. The Kier molecular flexibility index (Phi) is 5.49. The molecule has 1 aromatic heterocycles. The van der Waals surface area contributed by atoms with Crippen LogP contribution in [-0.2, 0) is 0 Å². The van der Waals surface area contributed by atoms with Gasteiger partial charge in [-0.1, -0.05) is 0 Å². The van der Waals surface area contributed by atoms with E-state index in [-0.39, 0.29) is 12.4 Å². The molecule has 0 atom stereocenters. The van der Waals surface area contributed by atoms with E-state index in [0.29, 0.717) is 0 Å². The monoisotopic (exact) mass is 242 g/mol. The van der Waals surface area contributed by atoms with E-state index in [0.717, 1.165) is 31.5 Å². The lowest BCUT2D eigenvalue weighted by Gasteiger charge is -2.27. The Morgan fingerprint density at radius 2 is 1.94 bits per heavy atom. The first-order valence-electron chi connectivity index (χ1n) is 5.55. The second-order valence-corrected chi connectivity index (χ2v) is 4.12. The Morgan fingerprint density at radius 3 is 2.56 bits per heavy atom. The summed E-state index contributed by atoms with van der Waals surface area (Å²) in [4.78, 5) is 10.6. The molecule has 1 aliphatic heterocycles. The molecular formula is C11H19ClN4. The van der Waals surface area contributed by atoms with E-state index in [1.807, 2.05) is 6.07 Å². The molecule has 90 valence electrons. The summed E-state index contributed by atoms with van der Waals surface area (Å²) in [6.45, 7) is 3.36. The highest BCUT2D eigenvalue weighted by molar-refractivity contribution is 5.85. The van der Waals surface area contributed by atoms with E-state index in [1.165, 1.54) is 12.8 Å². The standard InChI is InChI=1S/C11H18N4.ClH/c1-15(11-13-5-2-6-14-11)9-10-3-7-12-8-4-10;/h2,5-6,10,12H,3-4,7-9H2,1H3;1H. The molecule has 5 heteroatoms. The number of halogens is 1. The molecule has 1 fully saturated rings. The van der Waals surface area contributed by atoms with Gasteiger partial charge in [0, 0.05) is 26.0 Å². The molecule has 0 amide bonds. The lowest BCUT2D eigenvalue weighted by Crippen LogP contribution is -2.35. The van der Waals surface area contributed by atoms with Crippen molar-refractivity contribution in [2.45, 2.75) is 12.8 Å². The molecule has 1 N–H and O–H groups in total. The van der Waals surface area contributed by atoms with Gasteiger partial charge in [-0.05, 0) is 37.9 Å². The Hall–Kier alpha value is -0.870. The van der Waals surface area contributed by atoms with Crippen LogP contribution in [-0.4, -0.2) is 36.6 Å². The molecule has 0 saturated carbocycles. The van der Waals surface area contributed by atoms with Gasteiger partial charge in [-0.25, -0.2) is 9.97 Å². The van der Waals surface area contributed by atoms with Gasteiger partial charge in [-0.2, -0.15) is 0 Å². The largest absolute Gasteiger partial charge is 0.344 e. The van der Waals surface area contributed by atoms with Crippen LogP contribution >= 0.6 is 12.4 Å². The third-order valence-electron chi connectivity index (χ3n) is 2.88. The second kappa shape index (κ2) is 6.66. The normalized spacial score (nSPS) is 16.6. The van der Waals surface area contributed by atoms with Gasteiger partial charge in [-0.3, -0.25) is 0 Å². The van der Waals surface area contributed by atoms with Gasteiger partial charge >= 0.3 is 0 Å². The summed E-state index contributed by atoms with van der Waals surface area (Å²) in [5.41, 5.74) is 0. The van der Waals surface area contributed by atoms with Gasteiger partial charge in [0.1, 0.15) is 0 Å². The first-order chi connectivity index (χ1) is 7.36.